The molecule has 0 spiro atoms. The molecule has 0 unspecified atom stereocenters. The average Bonchev–Trinajstić information content (AvgIpc) is 3.09. The zero-order valence-corrected chi connectivity index (χ0v) is 14.1. The summed E-state index contributed by atoms with van der Waals surface area (Å²) in [6, 6.07) is 13.0. The molecular formula is C18H19N5O2. The van der Waals surface area contributed by atoms with Crippen LogP contribution >= 0.6 is 0 Å². The van der Waals surface area contributed by atoms with Gasteiger partial charge in [0, 0.05) is 6.20 Å². The molecule has 1 N–H and O–H groups in total. The van der Waals surface area contributed by atoms with Gasteiger partial charge in [-0.1, -0.05) is 18.2 Å². The SMILES string of the molecule is CC(C)Oc1ncccc1C(=O)NCc1ncnn1-c1ccccc1. The molecule has 25 heavy (non-hydrogen) atoms. The number of amides is 1. The molecule has 7 nitrogen and oxygen atoms in total. The first-order valence-corrected chi connectivity index (χ1v) is 7.99. The second-order valence-electron chi connectivity index (χ2n) is 5.63. The molecule has 0 radical (unpaired) electrons. The van der Waals surface area contributed by atoms with E-state index in [2.05, 4.69) is 20.4 Å². The fourth-order valence-corrected chi connectivity index (χ4v) is 2.31. The van der Waals surface area contributed by atoms with E-state index in [1.807, 2.05) is 44.2 Å². The summed E-state index contributed by atoms with van der Waals surface area (Å²) in [5, 5.41) is 7.05. The van der Waals surface area contributed by atoms with Crippen molar-refractivity contribution in [3.8, 4) is 11.6 Å². The highest BCUT2D eigenvalue weighted by atomic mass is 16.5. The van der Waals surface area contributed by atoms with E-state index in [9.17, 15) is 4.79 Å². The van der Waals surface area contributed by atoms with Crippen molar-refractivity contribution in [1.29, 1.82) is 0 Å². The Labute approximate surface area is 145 Å². The highest BCUT2D eigenvalue weighted by Crippen LogP contribution is 2.16. The fourth-order valence-electron chi connectivity index (χ4n) is 2.31. The standard InChI is InChI=1S/C18H19N5O2/c1-13(2)25-18-15(9-6-10-19-18)17(24)20-11-16-21-12-22-23(16)14-7-4-3-5-8-14/h3-10,12-13H,11H2,1-2H3,(H,20,24). The number of benzene rings is 1. The van der Waals surface area contributed by atoms with Crippen molar-refractivity contribution < 1.29 is 9.53 Å². The van der Waals surface area contributed by atoms with Gasteiger partial charge in [-0.2, -0.15) is 5.10 Å². The van der Waals surface area contributed by atoms with Gasteiger partial charge in [0.25, 0.3) is 5.91 Å². The molecule has 0 saturated heterocycles. The second kappa shape index (κ2) is 7.57. The van der Waals surface area contributed by atoms with Gasteiger partial charge >= 0.3 is 0 Å². The summed E-state index contributed by atoms with van der Waals surface area (Å²) in [4.78, 5) is 20.9. The van der Waals surface area contributed by atoms with Crippen molar-refractivity contribution in [2.24, 2.45) is 0 Å². The third-order valence-corrected chi connectivity index (χ3v) is 3.39. The summed E-state index contributed by atoms with van der Waals surface area (Å²) < 4.78 is 7.28. The van der Waals surface area contributed by atoms with Crippen molar-refractivity contribution in [1.82, 2.24) is 25.1 Å². The molecule has 0 bridgehead atoms. The number of carbonyl (C=O) groups is 1. The van der Waals surface area contributed by atoms with Crippen LogP contribution in [-0.4, -0.2) is 31.8 Å². The van der Waals surface area contributed by atoms with Crippen LogP contribution in [0.1, 0.15) is 30.0 Å². The van der Waals surface area contributed by atoms with Crippen LogP contribution in [0.15, 0.2) is 55.0 Å². The van der Waals surface area contributed by atoms with Crippen LogP contribution in [0, 0.1) is 0 Å². The number of rotatable bonds is 6. The van der Waals surface area contributed by atoms with Crippen LogP contribution in [0.4, 0.5) is 0 Å². The van der Waals surface area contributed by atoms with Crippen LogP contribution in [0.2, 0.25) is 0 Å². The van der Waals surface area contributed by atoms with Crippen LogP contribution in [-0.2, 0) is 6.54 Å². The zero-order chi connectivity index (χ0) is 17.6. The molecule has 0 aliphatic rings. The first kappa shape index (κ1) is 16.6. The summed E-state index contributed by atoms with van der Waals surface area (Å²) in [5.41, 5.74) is 1.27. The van der Waals surface area contributed by atoms with Crippen molar-refractivity contribution in [2.75, 3.05) is 0 Å². The van der Waals surface area contributed by atoms with Gasteiger partial charge < -0.3 is 10.1 Å². The van der Waals surface area contributed by atoms with E-state index in [1.54, 1.807) is 23.0 Å². The zero-order valence-electron chi connectivity index (χ0n) is 14.1. The highest BCUT2D eigenvalue weighted by molar-refractivity contribution is 5.96. The number of nitrogens with one attached hydrogen (secondary N) is 1. The Kier molecular flexibility index (Phi) is 5.03. The topological polar surface area (TPSA) is 81.9 Å². The van der Waals surface area contributed by atoms with E-state index in [1.165, 1.54) is 6.33 Å². The van der Waals surface area contributed by atoms with Crippen molar-refractivity contribution in [3.63, 3.8) is 0 Å². The average molecular weight is 337 g/mol. The Bertz CT molecular complexity index is 845. The Balaban J connectivity index is 1.73. The predicted molar refractivity (Wildman–Crippen MR) is 92.5 cm³/mol. The third-order valence-electron chi connectivity index (χ3n) is 3.39. The lowest BCUT2D eigenvalue weighted by Gasteiger charge is -2.13. The molecule has 2 heterocycles. The van der Waals surface area contributed by atoms with Crippen LogP contribution in [0.3, 0.4) is 0 Å². The number of nitrogens with zero attached hydrogens (tertiary/aromatic N) is 4. The quantitative estimate of drug-likeness (QED) is 0.747. The lowest BCUT2D eigenvalue weighted by atomic mass is 10.2. The van der Waals surface area contributed by atoms with E-state index in [-0.39, 0.29) is 18.6 Å². The maximum atomic E-state index is 12.5. The molecule has 0 atom stereocenters. The van der Waals surface area contributed by atoms with Gasteiger partial charge in [-0.25, -0.2) is 14.6 Å². The molecule has 1 amide bonds. The smallest absolute Gasteiger partial charge is 0.257 e. The number of para-hydroxylation sites is 1. The minimum absolute atomic E-state index is 0.0670. The maximum absolute atomic E-state index is 12.5. The first-order chi connectivity index (χ1) is 12.1. The van der Waals surface area contributed by atoms with Gasteiger partial charge in [0.05, 0.1) is 18.3 Å². The van der Waals surface area contributed by atoms with Crippen molar-refractivity contribution in [2.45, 2.75) is 26.5 Å². The number of carbonyl (C=O) groups excluding carboxylic acids is 1. The Morgan fingerprint density at radius 3 is 2.72 bits per heavy atom. The number of pyridine rings is 1. The van der Waals surface area contributed by atoms with Gasteiger partial charge in [0.15, 0.2) is 5.82 Å². The molecule has 3 aromatic rings. The van der Waals surface area contributed by atoms with E-state index in [0.29, 0.717) is 17.3 Å². The molecule has 2 aromatic heterocycles. The van der Waals surface area contributed by atoms with Crippen LogP contribution in [0.5, 0.6) is 5.88 Å². The fraction of sp³-hybridized carbons (Fsp3) is 0.222. The molecule has 0 fully saturated rings. The Morgan fingerprint density at radius 1 is 1.16 bits per heavy atom. The summed E-state index contributed by atoms with van der Waals surface area (Å²) >= 11 is 0. The number of ether oxygens (including phenoxy) is 1. The van der Waals surface area contributed by atoms with Gasteiger partial charge in [-0.05, 0) is 38.1 Å². The lowest BCUT2D eigenvalue weighted by Crippen LogP contribution is -2.26. The summed E-state index contributed by atoms with van der Waals surface area (Å²) in [6.45, 7) is 4.02. The normalized spacial score (nSPS) is 10.7. The molecule has 128 valence electrons. The van der Waals surface area contributed by atoms with Crippen molar-refractivity contribution in [3.05, 3.63) is 66.4 Å². The van der Waals surface area contributed by atoms with E-state index >= 15 is 0 Å². The van der Waals surface area contributed by atoms with E-state index in [4.69, 9.17) is 4.74 Å². The maximum Gasteiger partial charge on any atom is 0.257 e. The summed E-state index contributed by atoms with van der Waals surface area (Å²) in [5.74, 6) is 0.681. The van der Waals surface area contributed by atoms with Gasteiger partial charge in [-0.3, -0.25) is 4.79 Å². The number of hydrogen-bond donors (Lipinski definition) is 1. The summed E-state index contributed by atoms with van der Waals surface area (Å²) in [6.07, 6.45) is 2.99. The minimum Gasteiger partial charge on any atom is -0.474 e. The second-order valence-corrected chi connectivity index (χ2v) is 5.63. The Morgan fingerprint density at radius 2 is 1.96 bits per heavy atom. The van der Waals surface area contributed by atoms with E-state index < -0.39 is 0 Å². The largest absolute Gasteiger partial charge is 0.474 e. The molecule has 3 rings (SSSR count). The molecule has 7 heteroatoms. The first-order valence-electron chi connectivity index (χ1n) is 7.99. The molecular weight excluding hydrogens is 318 g/mol. The number of hydrogen-bond acceptors (Lipinski definition) is 5. The van der Waals surface area contributed by atoms with E-state index in [0.717, 1.165) is 5.69 Å². The lowest BCUT2D eigenvalue weighted by molar-refractivity contribution is 0.0942. The third kappa shape index (κ3) is 4.00. The van der Waals surface area contributed by atoms with Crippen LogP contribution < -0.4 is 10.1 Å². The highest BCUT2D eigenvalue weighted by Gasteiger charge is 2.15. The molecule has 0 aliphatic heterocycles. The van der Waals surface area contributed by atoms with Gasteiger partial charge in [0.1, 0.15) is 11.9 Å². The van der Waals surface area contributed by atoms with Gasteiger partial charge in [0.2, 0.25) is 5.88 Å². The Hall–Kier alpha value is -3.22. The minimum atomic E-state index is -0.272. The molecule has 0 saturated carbocycles. The van der Waals surface area contributed by atoms with Crippen LogP contribution in [0.25, 0.3) is 5.69 Å². The number of aromatic nitrogens is 4. The van der Waals surface area contributed by atoms with Crippen molar-refractivity contribution >= 4 is 5.91 Å². The summed E-state index contributed by atoms with van der Waals surface area (Å²) in [7, 11) is 0. The predicted octanol–water partition coefficient (Wildman–Crippen LogP) is 2.38. The molecule has 0 aliphatic carbocycles. The van der Waals surface area contributed by atoms with Gasteiger partial charge in [-0.15, -0.1) is 0 Å². The monoisotopic (exact) mass is 337 g/mol. The molecule has 1 aromatic carbocycles.